The van der Waals surface area contributed by atoms with E-state index < -0.39 is 0 Å². The Bertz CT molecular complexity index is 112. The molecule has 0 aliphatic carbocycles. The molecule has 0 aliphatic heterocycles. The van der Waals surface area contributed by atoms with Gasteiger partial charge in [0, 0.05) is 6.54 Å². The van der Waals surface area contributed by atoms with Crippen LogP contribution in [0.1, 0.15) is 12.8 Å². The highest BCUT2D eigenvalue weighted by molar-refractivity contribution is 5.77. The molecule has 0 bridgehead atoms. The van der Waals surface area contributed by atoms with Crippen LogP contribution in [0.15, 0.2) is 12.7 Å². The van der Waals surface area contributed by atoms with Crippen molar-refractivity contribution in [3.8, 4) is 0 Å². The van der Waals surface area contributed by atoms with E-state index in [0.717, 1.165) is 12.8 Å². The van der Waals surface area contributed by atoms with Crippen molar-refractivity contribution in [2.24, 2.45) is 5.73 Å². The second-order valence-electron chi connectivity index (χ2n) is 1.98. The van der Waals surface area contributed by atoms with E-state index in [0.29, 0.717) is 6.54 Å². The smallest absolute Gasteiger partial charge is 0.233 e. The molecule has 0 spiro atoms. The molecule has 1 amide bonds. The first-order valence-corrected chi connectivity index (χ1v) is 3.39. The van der Waals surface area contributed by atoms with Crippen LogP contribution in [-0.2, 0) is 4.79 Å². The molecule has 0 aromatic rings. The number of unbranched alkanes of at least 4 members (excludes halogenated alkanes) is 1. The Balaban J connectivity index is 3.03. The average molecular weight is 142 g/mol. The summed E-state index contributed by atoms with van der Waals surface area (Å²) < 4.78 is 0. The number of amides is 1. The zero-order valence-electron chi connectivity index (χ0n) is 6.10. The minimum absolute atomic E-state index is 0.0775. The standard InChI is InChI=1S/C7H14N2O/c1-2-3-4-5-9-7(10)6-8/h2H,1,3-6,8H2,(H,9,10). The number of nitrogens with two attached hydrogens (primary N) is 1. The van der Waals surface area contributed by atoms with Gasteiger partial charge in [-0.1, -0.05) is 6.08 Å². The van der Waals surface area contributed by atoms with Gasteiger partial charge in [0.15, 0.2) is 0 Å². The van der Waals surface area contributed by atoms with Gasteiger partial charge in [-0.05, 0) is 12.8 Å². The second-order valence-corrected chi connectivity index (χ2v) is 1.98. The van der Waals surface area contributed by atoms with Gasteiger partial charge in [0.25, 0.3) is 0 Å². The molecule has 0 heterocycles. The quantitative estimate of drug-likeness (QED) is 0.420. The van der Waals surface area contributed by atoms with Crippen molar-refractivity contribution < 1.29 is 4.79 Å². The van der Waals surface area contributed by atoms with Gasteiger partial charge in [0.2, 0.25) is 5.91 Å². The van der Waals surface area contributed by atoms with Crippen LogP contribution >= 0.6 is 0 Å². The number of allylic oxidation sites excluding steroid dienone is 1. The Morgan fingerprint density at radius 2 is 2.40 bits per heavy atom. The van der Waals surface area contributed by atoms with E-state index in [9.17, 15) is 4.79 Å². The lowest BCUT2D eigenvalue weighted by atomic mass is 10.3. The van der Waals surface area contributed by atoms with E-state index in [1.807, 2.05) is 6.08 Å². The molecule has 0 unspecified atom stereocenters. The van der Waals surface area contributed by atoms with Crippen molar-refractivity contribution >= 4 is 5.91 Å². The van der Waals surface area contributed by atoms with Gasteiger partial charge in [0.1, 0.15) is 0 Å². The normalized spacial score (nSPS) is 8.90. The van der Waals surface area contributed by atoms with Crippen LogP contribution in [0.3, 0.4) is 0 Å². The lowest BCUT2D eigenvalue weighted by Crippen LogP contribution is -2.30. The number of carbonyl (C=O) groups excluding carboxylic acids is 1. The van der Waals surface area contributed by atoms with Gasteiger partial charge in [-0.2, -0.15) is 0 Å². The Hall–Kier alpha value is -0.830. The van der Waals surface area contributed by atoms with Crippen LogP contribution in [0.4, 0.5) is 0 Å². The Labute approximate surface area is 61.3 Å². The molecule has 3 heteroatoms. The van der Waals surface area contributed by atoms with Crippen LogP contribution in [0.5, 0.6) is 0 Å². The second kappa shape index (κ2) is 6.29. The number of carbonyl (C=O) groups is 1. The molecule has 0 fully saturated rings. The molecule has 10 heavy (non-hydrogen) atoms. The molecular weight excluding hydrogens is 128 g/mol. The summed E-state index contributed by atoms with van der Waals surface area (Å²) in [5, 5.41) is 2.66. The van der Waals surface area contributed by atoms with Crippen molar-refractivity contribution in [3.63, 3.8) is 0 Å². The fourth-order valence-electron chi connectivity index (χ4n) is 0.546. The van der Waals surface area contributed by atoms with E-state index in [2.05, 4.69) is 11.9 Å². The Kier molecular flexibility index (Phi) is 5.77. The van der Waals surface area contributed by atoms with Crippen LogP contribution in [0.25, 0.3) is 0 Å². The van der Waals surface area contributed by atoms with Gasteiger partial charge in [-0.15, -0.1) is 6.58 Å². The highest BCUT2D eigenvalue weighted by Crippen LogP contribution is 1.85. The van der Waals surface area contributed by atoms with Crippen LogP contribution in [-0.4, -0.2) is 19.0 Å². The largest absolute Gasteiger partial charge is 0.355 e. The molecule has 0 aromatic carbocycles. The monoisotopic (exact) mass is 142 g/mol. The van der Waals surface area contributed by atoms with Crippen molar-refractivity contribution in [1.82, 2.24) is 5.32 Å². The summed E-state index contributed by atoms with van der Waals surface area (Å²) in [6.45, 7) is 4.33. The third-order valence-corrected chi connectivity index (χ3v) is 1.09. The maximum atomic E-state index is 10.5. The maximum Gasteiger partial charge on any atom is 0.233 e. The molecule has 3 nitrogen and oxygen atoms in total. The van der Waals surface area contributed by atoms with E-state index >= 15 is 0 Å². The highest BCUT2D eigenvalue weighted by atomic mass is 16.1. The molecule has 0 rings (SSSR count). The summed E-state index contributed by atoms with van der Waals surface area (Å²) in [5.41, 5.74) is 5.05. The molecule has 0 saturated carbocycles. The van der Waals surface area contributed by atoms with Crippen molar-refractivity contribution in [1.29, 1.82) is 0 Å². The van der Waals surface area contributed by atoms with E-state index in [1.165, 1.54) is 0 Å². The molecule has 0 atom stereocenters. The predicted octanol–water partition coefficient (Wildman–Crippen LogP) is 0.0275. The number of rotatable bonds is 5. The average Bonchev–Trinajstić information content (AvgIpc) is 1.98. The first-order valence-electron chi connectivity index (χ1n) is 3.39. The Morgan fingerprint density at radius 3 is 2.90 bits per heavy atom. The fourth-order valence-corrected chi connectivity index (χ4v) is 0.546. The van der Waals surface area contributed by atoms with Crippen molar-refractivity contribution in [3.05, 3.63) is 12.7 Å². The summed E-state index contributed by atoms with van der Waals surface area (Å²) >= 11 is 0. The minimum atomic E-state index is -0.0935. The summed E-state index contributed by atoms with van der Waals surface area (Å²) in [7, 11) is 0. The summed E-state index contributed by atoms with van der Waals surface area (Å²) in [5.74, 6) is -0.0935. The SMILES string of the molecule is C=CCCCNC(=O)CN. The fraction of sp³-hybridized carbons (Fsp3) is 0.571. The van der Waals surface area contributed by atoms with Crippen LogP contribution in [0, 0.1) is 0 Å². The molecule has 58 valence electrons. The topological polar surface area (TPSA) is 55.1 Å². The number of hydrogen-bond donors (Lipinski definition) is 2. The molecule has 3 N–H and O–H groups in total. The molecule has 0 aromatic heterocycles. The summed E-state index contributed by atoms with van der Waals surface area (Å²) in [6.07, 6.45) is 3.70. The van der Waals surface area contributed by atoms with Crippen molar-refractivity contribution in [2.75, 3.05) is 13.1 Å². The van der Waals surface area contributed by atoms with Crippen LogP contribution < -0.4 is 11.1 Å². The minimum Gasteiger partial charge on any atom is -0.355 e. The van der Waals surface area contributed by atoms with E-state index in [1.54, 1.807) is 0 Å². The Morgan fingerprint density at radius 1 is 1.70 bits per heavy atom. The van der Waals surface area contributed by atoms with E-state index in [-0.39, 0.29) is 12.5 Å². The van der Waals surface area contributed by atoms with Crippen molar-refractivity contribution in [2.45, 2.75) is 12.8 Å². The summed E-state index contributed by atoms with van der Waals surface area (Å²) in [6, 6.07) is 0. The first-order chi connectivity index (χ1) is 4.81. The third kappa shape index (κ3) is 5.31. The van der Waals surface area contributed by atoms with Gasteiger partial charge in [0.05, 0.1) is 6.54 Å². The van der Waals surface area contributed by atoms with Gasteiger partial charge in [-0.3, -0.25) is 4.79 Å². The van der Waals surface area contributed by atoms with Gasteiger partial charge in [-0.25, -0.2) is 0 Å². The zero-order valence-corrected chi connectivity index (χ0v) is 6.10. The molecular formula is C7H14N2O. The van der Waals surface area contributed by atoms with E-state index in [4.69, 9.17) is 5.73 Å². The first kappa shape index (κ1) is 9.17. The summed E-state index contributed by atoms with van der Waals surface area (Å²) in [4.78, 5) is 10.5. The molecule has 0 saturated heterocycles. The molecule has 0 aliphatic rings. The molecule has 0 radical (unpaired) electrons. The number of hydrogen-bond acceptors (Lipinski definition) is 2. The third-order valence-electron chi connectivity index (χ3n) is 1.09. The van der Waals surface area contributed by atoms with Gasteiger partial charge < -0.3 is 11.1 Å². The maximum absolute atomic E-state index is 10.5. The zero-order chi connectivity index (χ0) is 7.82. The number of nitrogens with one attached hydrogen (secondary N) is 1. The highest BCUT2D eigenvalue weighted by Gasteiger charge is 1.92. The van der Waals surface area contributed by atoms with Crippen LogP contribution in [0.2, 0.25) is 0 Å². The predicted molar refractivity (Wildman–Crippen MR) is 41.5 cm³/mol. The van der Waals surface area contributed by atoms with Gasteiger partial charge >= 0.3 is 0 Å². The lowest BCUT2D eigenvalue weighted by Gasteiger charge is -1.99. The lowest BCUT2D eigenvalue weighted by molar-refractivity contribution is -0.119.